The summed E-state index contributed by atoms with van der Waals surface area (Å²) in [5.74, 6) is -0.685. The van der Waals surface area contributed by atoms with Gasteiger partial charge in [-0.1, -0.05) is 17.6 Å². The second kappa shape index (κ2) is 3.91. The number of nitrogens with zero attached hydrogens (tertiary/aromatic N) is 1. The molecule has 0 saturated carbocycles. The van der Waals surface area contributed by atoms with Gasteiger partial charge in [-0.2, -0.15) is 0 Å². The van der Waals surface area contributed by atoms with E-state index in [1.165, 1.54) is 19.2 Å². The molecule has 0 aliphatic rings. The number of nitro groups is 1. The van der Waals surface area contributed by atoms with Crippen molar-refractivity contribution in [3.8, 4) is 0 Å². The molecule has 0 N–H and O–H groups in total. The van der Waals surface area contributed by atoms with Gasteiger partial charge in [0.15, 0.2) is 0 Å². The van der Waals surface area contributed by atoms with Crippen molar-refractivity contribution in [2.45, 2.75) is 0 Å². The van der Waals surface area contributed by atoms with Gasteiger partial charge in [-0.25, -0.2) is 4.79 Å². The number of carbonyl (C=O) groups is 1. The SMILES string of the molecule is Bc1cccc([N+](=O)[O-])c1C(=O)OC. The third-order valence-corrected chi connectivity index (χ3v) is 1.84. The van der Waals surface area contributed by atoms with E-state index in [-0.39, 0.29) is 11.3 Å². The molecule has 0 aromatic heterocycles. The predicted octanol–water partition coefficient (Wildman–Crippen LogP) is -0.360. The molecule has 0 bridgehead atoms. The van der Waals surface area contributed by atoms with Crippen LogP contribution in [-0.2, 0) is 4.74 Å². The molecule has 0 amide bonds. The molecule has 0 heterocycles. The van der Waals surface area contributed by atoms with E-state index in [2.05, 4.69) is 4.74 Å². The highest BCUT2D eigenvalue weighted by molar-refractivity contribution is 6.36. The Kier molecular flexibility index (Phi) is 2.86. The van der Waals surface area contributed by atoms with Crippen molar-refractivity contribution < 1.29 is 14.5 Å². The van der Waals surface area contributed by atoms with E-state index < -0.39 is 10.9 Å². The van der Waals surface area contributed by atoms with Crippen molar-refractivity contribution in [3.63, 3.8) is 0 Å². The van der Waals surface area contributed by atoms with Gasteiger partial charge in [-0.15, -0.1) is 0 Å². The molecule has 0 spiro atoms. The Hall–Kier alpha value is -1.85. The first kappa shape index (κ1) is 10.2. The van der Waals surface area contributed by atoms with Crippen molar-refractivity contribution in [2.24, 2.45) is 0 Å². The van der Waals surface area contributed by atoms with E-state index in [4.69, 9.17) is 0 Å². The van der Waals surface area contributed by atoms with Crippen LogP contribution in [0.4, 0.5) is 5.69 Å². The lowest BCUT2D eigenvalue weighted by molar-refractivity contribution is -0.385. The Morgan fingerprint density at radius 1 is 1.57 bits per heavy atom. The normalized spacial score (nSPS) is 9.50. The minimum Gasteiger partial charge on any atom is -0.465 e. The lowest BCUT2D eigenvalue weighted by Gasteiger charge is -2.03. The number of esters is 1. The minimum atomic E-state index is -0.685. The fourth-order valence-electron chi connectivity index (χ4n) is 1.17. The maximum Gasteiger partial charge on any atom is 0.344 e. The van der Waals surface area contributed by atoms with Crippen LogP contribution in [0.5, 0.6) is 0 Å². The molecule has 0 aliphatic carbocycles. The van der Waals surface area contributed by atoms with Gasteiger partial charge in [0, 0.05) is 6.07 Å². The molecule has 1 aromatic rings. The summed E-state index contributed by atoms with van der Waals surface area (Å²) >= 11 is 0. The van der Waals surface area contributed by atoms with E-state index >= 15 is 0 Å². The maximum atomic E-state index is 11.2. The number of ether oxygens (including phenoxy) is 1. The van der Waals surface area contributed by atoms with Crippen LogP contribution in [0.1, 0.15) is 10.4 Å². The van der Waals surface area contributed by atoms with Crippen LogP contribution < -0.4 is 5.46 Å². The summed E-state index contributed by atoms with van der Waals surface area (Å²) in [5, 5.41) is 10.6. The van der Waals surface area contributed by atoms with Crippen molar-refractivity contribution in [1.29, 1.82) is 0 Å². The lowest BCUT2D eigenvalue weighted by atomic mass is 9.89. The van der Waals surface area contributed by atoms with Gasteiger partial charge in [0.25, 0.3) is 5.69 Å². The highest BCUT2D eigenvalue weighted by Crippen LogP contribution is 2.16. The maximum absolute atomic E-state index is 11.2. The third-order valence-electron chi connectivity index (χ3n) is 1.84. The number of carbonyl (C=O) groups excluding carboxylic acids is 1. The van der Waals surface area contributed by atoms with Gasteiger partial charge < -0.3 is 4.74 Å². The average Bonchev–Trinajstić information content (AvgIpc) is 2.16. The molecule has 1 aromatic carbocycles. The minimum absolute atomic E-state index is 0.0139. The first-order valence-corrected chi connectivity index (χ1v) is 3.90. The zero-order valence-corrected chi connectivity index (χ0v) is 7.81. The molecule has 72 valence electrons. The zero-order chi connectivity index (χ0) is 10.7. The molecule has 0 unspecified atom stereocenters. The largest absolute Gasteiger partial charge is 0.465 e. The second-order valence-corrected chi connectivity index (χ2v) is 2.72. The first-order valence-electron chi connectivity index (χ1n) is 3.90. The molecule has 14 heavy (non-hydrogen) atoms. The van der Waals surface area contributed by atoms with Gasteiger partial charge in [0.05, 0.1) is 12.0 Å². The molecular weight excluding hydrogens is 185 g/mol. The summed E-state index contributed by atoms with van der Waals surface area (Å²) in [5.41, 5.74) is 0.322. The molecular formula is C8H8BNO4. The smallest absolute Gasteiger partial charge is 0.344 e. The van der Waals surface area contributed by atoms with Crippen LogP contribution in [0.25, 0.3) is 0 Å². The van der Waals surface area contributed by atoms with E-state index in [1.807, 2.05) is 0 Å². The molecule has 0 saturated heterocycles. The number of nitro benzene ring substituents is 1. The summed E-state index contributed by atoms with van der Waals surface area (Å²) in [7, 11) is 2.82. The Bertz CT molecular complexity index is 391. The van der Waals surface area contributed by atoms with Crippen LogP contribution in [0.2, 0.25) is 0 Å². The molecule has 0 aliphatic heterocycles. The Morgan fingerprint density at radius 2 is 2.21 bits per heavy atom. The topological polar surface area (TPSA) is 69.4 Å². The molecule has 5 nitrogen and oxygen atoms in total. The van der Waals surface area contributed by atoms with Crippen molar-refractivity contribution in [3.05, 3.63) is 33.9 Å². The summed E-state index contributed by atoms with van der Waals surface area (Å²) < 4.78 is 4.46. The van der Waals surface area contributed by atoms with Gasteiger partial charge in [-0.05, 0) is 0 Å². The van der Waals surface area contributed by atoms with Crippen LogP contribution in [0.3, 0.4) is 0 Å². The van der Waals surface area contributed by atoms with Gasteiger partial charge in [-0.3, -0.25) is 10.1 Å². The van der Waals surface area contributed by atoms with E-state index in [9.17, 15) is 14.9 Å². The molecule has 0 fully saturated rings. The zero-order valence-electron chi connectivity index (χ0n) is 7.81. The average molecular weight is 193 g/mol. The summed E-state index contributed by atoms with van der Waals surface area (Å²) in [4.78, 5) is 21.2. The van der Waals surface area contributed by atoms with E-state index in [1.54, 1.807) is 13.9 Å². The van der Waals surface area contributed by atoms with Crippen molar-refractivity contribution in [2.75, 3.05) is 7.11 Å². The number of benzene rings is 1. The summed E-state index contributed by atoms with van der Waals surface area (Å²) in [6.45, 7) is 0. The second-order valence-electron chi connectivity index (χ2n) is 2.72. The van der Waals surface area contributed by atoms with Crippen molar-refractivity contribution in [1.82, 2.24) is 0 Å². The predicted molar refractivity (Wildman–Crippen MR) is 52.6 cm³/mol. The standard InChI is InChI=1S/C8H8BNO4/c1-14-8(11)7-5(9)3-2-4-6(7)10(12)13/h2-4H,9H2,1H3. The number of hydrogen-bond donors (Lipinski definition) is 0. The summed E-state index contributed by atoms with van der Waals surface area (Å²) in [6, 6.07) is 4.43. The number of rotatable bonds is 2. The van der Waals surface area contributed by atoms with Gasteiger partial charge >= 0.3 is 5.97 Å². The number of methoxy groups -OCH3 is 1. The Balaban J connectivity index is 3.36. The monoisotopic (exact) mass is 193 g/mol. The van der Waals surface area contributed by atoms with Gasteiger partial charge in [0.2, 0.25) is 0 Å². The molecule has 1 rings (SSSR count). The number of hydrogen-bond acceptors (Lipinski definition) is 4. The van der Waals surface area contributed by atoms with Crippen LogP contribution in [0, 0.1) is 10.1 Å². The van der Waals surface area contributed by atoms with E-state index in [0.717, 1.165) is 0 Å². The third kappa shape index (κ3) is 1.73. The Labute approximate surface area is 81.2 Å². The first-order chi connectivity index (χ1) is 6.57. The van der Waals surface area contributed by atoms with E-state index in [0.29, 0.717) is 5.46 Å². The van der Waals surface area contributed by atoms with Crippen LogP contribution in [0.15, 0.2) is 18.2 Å². The van der Waals surface area contributed by atoms with Gasteiger partial charge in [0.1, 0.15) is 13.4 Å². The fourth-order valence-corrected chi connectivity index (χ4v) is 1.17. The molecule has 6 heteroatoms. The Morgan fingerprint density at radius 3 is 2.71 bits per heavy atom. The quantitative estimate of drug-likeness (QED) is 0.278. The van der Waals surface area contributed by atoms with Crippen LogP contribution >= 0.6 is 0 Å². The fraction of sp³-hybridized carbons (Fsp3) is 0.125. The highest BCUT2D eigenvalue weighted by atomic mass is 16.6. The lowest BCUT2D eigenvalue weighted by Crippen LogP contribution is -2.19. The molecule has 0 atom stereocenters. The van der Waals surface area contributed by atoms with Crippen molar-refractivity contribution >= 4 is 25.0 Å². The highest BCUT2D eigenvalue weighted by Gasteiger charge is 2.21. The summed E-state index contributed by atoms with van der Waals surface area (Å²) in [6.07, 6.45) is 0. The molecule has 0 radical (unpaired) electrons. The van der Waals surface area contributed by atoms with Crippen LogP contribution in [-0.4, -0.2) is 25.8 Å².